The third-order valence-electron chi connectivity index (χ3n) is 3.64. The highest BCUT2D eigenvalue weighted by Crippen LogP contribution is 2.21. The highest BCUT2D eigenvalue weighted by atomic mass is 32.1. The van der Waals surface area contributed by atoms with Gasteiger partial charge in [-0.1, -0.05) is 18.2 Å². The summed E-state index contributed by atoms with van der Waals surface area (Å²) in [5.74, 6) is 0.654. The van der Waals surface area contributed by atoms with Gasteiger partial charge in [0.05, 0.1) is 20.3 Å². The van der Waals surface area contributed by atoms with Crippen molar-refractivity contribution in [1.29, 1.82) is 0 Å². The molecule has 0 spiro atoms. The Hall–Kier alpha value is -2.34. The molecule has 2 rings (SSSR count). The molecule has 4 nitrogen and oxygen atoms in total. The topological polar surface area (TPSA) is 42.5 Å². The Labute approximate surface area is 147 Å². The van der Waals surface area contributed by atoms with Crippen LogP contribution in [-0.2, 0) is 6.54 Å². The first-order valence-corrected chi connectivity index (χ1v) is 7.95. The Morgan fingerprint density at radius 2 is 1.83 bits per heavy atom. The molecule has 0 saturated carbocycles. The zero-order valence-electron chi connectivity index (χ0n) is 13.9. The fourth-order valence-corrected chi connectivity index (χ4v) is 2.46. The van der Waals surface area contributed by atoms with E-state index in [9.17, 15) is 4.39 Å². The third kappa shape index (κ3) is 4.83. The number of nitrogens with one attached hydrogen (secondary N) is 2. The van der Waals surface area contributed by atoms with E-state index in [4.69, 9.17) is 21.7 Å². The van der Waals surface area contributed by atoms with E-state index in [2.05, 4.69) is 10.6 Å². The second-order valence-corrected chi connectivity index (χ2v) is 5.70. The van der Waals surface area contributed by atoms with Crippen molar-refractivity contribution in [3.63, 3.8) is 0 Å². The number of methoxy groups -OCH3 is 2. The van der Waals surface area contributed by atoms with Gasteiger partial charge in [0.15, 0.2) is 16.7 Å². The highest BCUT2D eigenvalue weighted by molar-refractivity contribution is 7.80. The molecule has 0 aliphatic carbocycles. The summed E-state index contributed by atoms with van der Waals surface area (Å²) >= 11 is 5.29. The molecule has 0 saturated heterocycles. The molecule has 2 aromatic carbocycles. The van der Waals surface area contributed by atoms with Crippen LogP contribution in [0.25, 0.3) is 0 Å². The number of benzene rings is 2. The molecular formula is C18H21FN2O2S. The maximum Gasteiger partial charge on any atom is 0.167 e. The monoisotopic (exact) mass is 348 g/mol. The second-order valence-electron chi connectivity index (χ2n) is 5.29. The molecule has 0 aliphatic rings. The van der Waals surface area contributed by atoms with Gasteiger partial charge in [-0.2, -0.15) is 0 Å². The number of hydrogen-bond acceptors (Lipinski definition) is 3. The highest BCUT2D eigenvalue weighted by Gasteiger charge is 2.10. The van der Waals surface area contributed by atoms with Crippen LogP contribution in [0.15, 0.2) is 42.5 Å². The van der Waals surface area contributed by atoms with Crippen LogP contribution in [0, 0.1) is 5.82 Å². The van der Waals surface area contributed by atoms with Crippen LogP contribution in [0.4, 0.5) is 4.39 Å². The molecule has 1 atom stereocenters. The summed E-state index contributed by atoms with van der Waals surface area (Å²) in [5, 5.41) is 6.79. The average molecular weight is 348 g/mol. The molecule has 2 aromatic rings. The predicted octanol–water partition coefficient (Wildman–Crippen LogP) is 3.57. The number of halogens is 1. The molecule has 24 heavy (non-hydrogen) atoms. The first-order valence-electron chi connectivity index (χ1n) is 7.54. The fourth-order valence-electron chi connectivity index (χ4n) is 2.21. The van der Waals surface area contributed by atoms with Gasteiger partial charge >= 0.3 is 0 Å². The largest absolute Gasteiger partial charge is 0.497 e. The van der Waals surface area contributed by atoms with Crippen LogP contribution in [0.5, 0.6) is 11.5 Å². The fraction of sp³-hybridized carbons (Fsp3) is 0.278. The Bertz CT molecular complexity index is 692. The van der Waals surface area contributed by atoms with Gasteiger partial charge in [-0.3, -0.25) is 0 Å². The minimum atomic E-state index is -0.388. The van der Waals surface area contributed by atoms with E-state index in [0.29, 0.717) is 11.7 Å². The normalized spacial score (nSPS) is 11.5. The van der Waals surface area contributed by atoms with Crippen molar-refractivity contribution in [2.24, 2.45) is 0 Å². The van der Waals surface area contributed by atoms with Crippen molar-refractivity contribution >= 4 is 17.3 Å². The molecule has 0 fully saturated rings. The van der Waals surface area contributed by atoms with E-state index in [0.717, 1.165) is 16.9 Å². The maximum absolute atomic E-state index is 13.8. The molecule has 0 aromatic heterocycles. The van der Waals surface area contributed by atoms with Gasteiger partial charge in [0.1, 0.15) is 5.75 Å². The van der Waals surface area contributed by atoms with Gasteiger partial charge in [0, 0.05) is 6.54 Å². The van der Waals surface area contributed by atoms with Crippen LogP contribution >= 0.6 is 12.2 Å². The van der Waals surface area contributed by atoms with Crippen molar-refractivity contribution in [2.75, 3.05) is 14.2 Å². The van der Waals surface area contributed by atoms with E-state index >= 15 is 0 Å². The average Bonchev–Trinajstić information content (AvgIpc) is 2.60. The number of thiocarbonyl (C=S) groups is 1. The summed E-state index contributed by atoms with van der Waals surface area (Å²) in [4.78, 5) is 0. The quantitative estimate of drug-likeness (QED) is 0.781. The van der Waals surface area contributed by atoms with Crippen LogP contribution < -0.4 is 20.1 Å². The van der Waals surface area contributed by atoms with Crippen molar-refractivity contribution in [3.8, 4) is 11.5 Å². The van der Waals surface area contributed by atoms with Crippen LogP contribution in [0.2, 0.25) is 0 Å². The SMILES string of the molecule is COc1ccc(CNC(=S)N[C@H](C)c2ccc(OC)c(F)c2)cc1. The molecular weight excluding hydrogens is 327 g/mol. The summed E-state index contributed by atoms with van der Waals surface area (Å²) in [5.41, 5.74) is 1.88. The lowest BCUT2D eigenvalue weighted by molar-refractivity contribution is 0.386. The van der Waals surface area contributed by atoms with Crippen molar-refractivity contribution in [2.45, 2.75) is 19.5 Å². The first-order chi connectivity index (χ1) is 11.5. The lowest BCUT2D eigenvalue weighted by atomic mass is 10.1. The Morgan fingerprint density at radius 3 is 2.42 bits per heavy atom. The van der Waals surface area contributed by atoms with Gasteiger partial charge in [0.25, 0.3) is 0 Å². The van der Waals surface area contributed by atoms with Crippen molar-refractivity contribution in [3.05, 3.63) is 59.4 Å². The second kappa shape index (κ2) is 8.49. The predicted molar refractivity (Wildman–Crippen MR) is 96.9 cm³/mol. The lowest BCUT2D eigenvalue weighted by Gasteiger charge is -2.18. The molecule has 6 heteroatoms. The molecule has 0 radical (unpaired) electrons. The minimum Gasteiger partial charge on any atom is -0.497 e. The third-order valence-corrected chi connectivity index (χ3v) is 3.90. The first kappa shape index (κ1) is 18.0. The molecule has 0 heterocycles. The number of hydrogen-bond donors (Lipinski definition) is 2. The standard InChI is InChI=1S/C18H21FN2O2S/c1-12(14-6-9-17(23-3)16(19)10-14)21-18(24)20-11-13-4-7-15(22-2)8-5-13/h4-10,12H,11H2,1-3H3,(H2,20,21,24)/t12-/m1/s1. The summed E-state index contributed by atoms with van der Waals surface area (Å²) in [6, 6.07) is 12.5. The molecule has 0 amide bonds. The summed E-state index contributed by atoms with van der Waals surface area (Å²) in [6.45, 7) is 2.52. The minimum absolute atomic E-state index is 0.124. The zero-order valence-corrected chi connectivity index (χ0v) is 14.7. The molecule has 0 unspecified atom stereocenters. The van der Waals surface area contributed by atoms with Crippen molar-refractivity contribution < 1.29 is 13.9 Å². The van der Waals surface area contributed by atoms with Gasteiger partial charge in [-0.25, -0.2) is 4.39 Å². The zero-order chi connectivity index (χ0) is 17.5. The van der Waals surface area contributed by atoms with Gasteiger partial charge in [-0.05, 0) is 54.5 Å². The molecule has 0 aliphatic heterocycles. The Morgan fingerprint density at radius 1 is 1.12 bits per heavy atom. The van der Waals surface area contributed by atoms with Crippen LogP contribution in [0.1, 0.15) is 24.1 Å². The Kier molecular flexibility index (Phi) is 6.37. The van der Waals surface area contributed by atoms with Crippen LogP contribution in [-0.4, -0.2) is 19.3 Å². The van der Waals surface area contributed by atoms with Crippen LogP contribution in [0.3, 0.4) is 0 Å². The maximum atomic E-state index is 13.8. The van der Waals surface area contributed by atoms with E-state index in [1.807, 2.05) is 37.3 Å². The number of ether oxygens (including phenoxy) is 2. The molecule has 2 N–H and O–H groups in total. The smallest absolute Gasteiger partial charge is 0.167 e. The van der Waals surface area contributed by atoms with Gasteiger partial charge in [0.2, 0.25) is 0 Å². The van der Waals surface area contributed by atoms with E-state index in [1.165, 1.54) is 13.2 Å². The van der Waals surface area contributed by atoms with E-state index in [-0.39, 0.29) is 17.6 Å². The molecule has 128 valence electrons. The van der Waals surface area contributed by atoms with Gasteiger partial charge < -0.3 is 20.1 Å². The van der Waals surface area contributed by atoms with Gasteiger partial charge in [-0.15, -0.1) is 0 Å². The summed E-state index contributed by atoms with van der Waals surface area (Å²) in [6.07, 6.45) is 0. The number of rotatable bonds is 6. The van der Waals surface area contributed by atoms with E-state index in [1.54, 1.807) is 13.2 Å². The summed E-state index contributed by atoms with van der Waals surface area (Å²) in [7, 11) is 3.08. The summed E-state index contributed by atoms with van der Waals surface area (Å²) < 4.78 is 23.8. The van der Waals surface area contributed by atoms with E-state index < -0.39 is 0 Å². The van der Waals surface area contributed by atoms with Crippen molar-refractivity contribution in [1.82, 2.24) is 10.6 Å². The Balaban J connectivity index is 1.87. The lowest BCUT2D eigenvalue weighted by Crippen LogP contribution is -2.36. The molecule has 0 bridgehead atoms.